The molecule has 0 heterocycles. The fourth-order valence-corrected chi connectivity index (χ4v) is 2.46. The third kappa shape index (κ3) is 4.10. The van der Waals surface area contributed by atoms with Gasteiger partial charge in [0.15, 0.2) is 0 Å². The van der Waals surface area contributed by atoms with Gasteiger partial charge in [0.25, 0.3) is 0 Å². The van der Waals surface area contributed by atoms with Gasteiger partial charge in [0.05, 0.1) is 5.92 Å². The number of aliphatic carboxylic acids is 1. The quantitative estimate of drug-likeness (QED) is 0.643. The molecule has 0 aromatic carbocycles. The van der Waals surface area contributed by atoms with Crippen molar-refractivity contribution >= 4 is 5.97 Å². The van der Waals surface area contributed by atoms with Crippen molar-refractivity contribution in [2.45, 2.75) is 57.5 Å². The third-order valence-corrected chi connectivity index (χ3v) is 3.47. The van der Waals surface area contributed by atoms with Gasteiger partial charge in [0.2, 0.25) is 0 Å². The number of aliphatic hydroxyl groups excluding tert-OH is 1. The minimum Gasteiger partial charge on any atom is -0.481 e. The molecule has 3 N–H and O–H groups in total. The second kappa shape index (κ2) is 6.86. The first-order valence-electron chi connectivity index (χ1n) is 6.27. The molecule has 0 saturated heterocycles. The van der Waals surface area contributed by atoms with E-state index in [2.05, 4.69) is 12.2 Å². The van der Waals surface area contributed by atoms with E-state index in [-0.39, 0.29) is 12.5 Å². The van der Waals surface area contributed by atoms with Crippen LogP contribution in [0.15, 0.2) is 0 Å². The van der Waals surface area contributed by atoms with Gasteiger partial charge in [-0.2, -0.15) is 0 Å². The standard InChI is InChI=1S/C12H23NO3/c1-2-10(6-7-14)13-11-5-3-4-9(8-11)12(15)16/h9-11,13-14H,2-8H2,1H3,(H,15,16). The lowest BCUT2D eigenvalue weighted by molar-refractivity contribution is -0.143. The lowest BCUT2D eigenvalue weighted by atomic mass is 9.85. The van der Waals surface area contributed by atoms with Crippen LogP contribution in [0.5, 0.6) is 0 Å². The lowest BCUT2D eigenvalue weighted by Gasteiger charge is -2.30. The van der Waals surface area contributed by atoms with Gasteiger partial charge in [0, 0.05) is 18.7 Å². The highest BCUT2D eigenvalue weighted by Crippen LogP contribution is 2.25. The molecule has 0 spiro atoms. The van der Waals surface area contributed by atoms with E-state index in [4.69, 9.17) is 10.2 Å². The lowest BCUT2D eigenvalue weighted by Crippen LogP contribution is -2.42. The van der Waals surface area contributed by atoms with Crippen molar-refractivity contribution in [3.63, 3.8) is 0 Å². The Hall–Kier alpha value is -0.610. The summed E-state index contributed by atoms with van der Waals surface area (Å²) in [6.45, 7) is 2.28. The van der Waals surface area contributed by atoms with Crippen LogP contribution in [0.2, 0.25) is 0 Å². The molecule has 0 radical (unpaired) electrons. The summed E-state index contributed by atoms with van der Waals surface area (Å²) in [6.07, 6.45) is 5.33. The molecule has 0 aliphatic heterocycles. The van der Waals surface area contributed by atoms with Gasteiger partial charge >= 0.3 is 5.97 Å². The van der Waals surface area contributed by atoms with Crippen LogP contribution in [0.1, 0.15) is 45.4 Å². The van der Waals surface area contributed by atoms with E-state index in [9.17, 15) is 4.79 Å². The van der Waals surface area contributed by atoms with Gasteiger partial charge in [-0.3, -0.25) is 4.79 Å². The van der Waals surface area contributed by atoms with E-state index in [0.717, 1.165) is 38.5 Å². The molecular formula is C12H23NO3. The molecule has 0 bridgehead atoms. The Morgan fingerprint density at radius 3 is 2.81 bits per heavy atom. The highest BCUT2D eigenvalue weighted by Gasteiger charge is 2.27. The number of aliphatic hydroxyl groups is 1. The average molecular weight is 229 g/mol. The predicted molar refractivity (Wildman–Crippen MR) is 62.3 cm³/mol. The maximum atomic E-state index is 10.9. The number of nitrogens with one attached hydrogen (secondary N) is 1. The predicted octanol–water partition coefficient (Wildman–Crippen LogP) is 1.38. The fourth-order valence-electron chi connectivity index (χ4n) is 2.46. The summed E-state index contributed by atoms with van der Waals surface area (Å²) in [5.41, 5.74) is 0. The summed E-state index contributed by atoms with van der Waals surface area (Å²) in [5.74, 6) is -0.848. The Kier molecular flexibility index (Phi) is 5.77. The Morgan fingerprint density at radius 1 is 1.50 bits per heavy atom. The van der Waals surface area contributed by atoms with Crippen molar-refractivity contribution in [1.29, 1.82) is 0 Å². The van der Waals surface area contributed by atoms with E-state index in [1.807, 2.05) is 0 Å². The largest absolute Gasteiger partial charge is 0.481 e. The van der Waals surface area contributed by atoms with Crippen molar-refractivity contribution in [2.75, 3.05) is 6.61 Å². The molecule has 1 aliphatic rings. The molecule has 94 valence electrons. The molecule has 1 fully saturated rings. The molecule has 3 atom stereocenters. The zero-order valence-corrected chi connectivity index (χ0v) is 9.98. The van der Waals surface area contributed by atoms with E-state index in [0.29, 0.717) is 12.1 Å². The minimum absolute atomic E-state index is 0.183. The molecular weight excluding hydrogens is 206 g/mol. The number of carboxylic acids is 1. The number of rotatable bonds is 6. The van der Waals surface area contributed by atoms with Crippen LogP contribution in [0.4, 0.5) is 0 Å². The first-order chi connectivity index (χ1) is 7.67. The van der Waals surface area contributed by atoms with E-state index in [1.54, 1.807) is 0 Å². The van der Waals surface area contributed by atoms with Gasteiger partial charge in [-0.1, -0.05) is 13.3 Å². The molecule has 1 rings (SSSR count). The summed E-state index contributed by atoms with van der Waals surface area (Å²) >= 11 is 0. The second-order valence-corrected chi connectivity index (χ2v) is 4.68. The Balaban J connectivity index is 2.38. The van der Waals surface area contributed by atoms with E-state index < -0.39 is 5.97 Å². The van der Waals surface area contributed by atoms with Gasteiger partial charge < -0.3 is 15.5 Å². The molecule has 0 aromatic heterocycles. The molecule has 0 amide bonds. The molecule has 4 heteroatoms. The minimum atomic E-state index is -0.665. The Bertz CT molecular complexity index is 220. The fraction of sp³-hybridized carbons (Fsp3) is 0.917. The topological polar surface area (TPSA) is 69.6 Å². The molecule has 4 nitrogen and oxygen atoms in total. The number of carbonyl (C=O) groups is 1. The Labute approximate surface area is 97.0 Å². The van der Waals surface area contributed by atoms with Gasteiger partial charge in [-0.25, -0.2) is 0 Å². The highest BCUT2D eigenvalue weighted by molar-refractivity contribution is 5.70. The number of carboxylic acid groups (broad SMARTS) is 1. The zero-order valence-electron chi connectivity index (χ0n) is 9.98. The number of hydrogen-bond donors (Lipinski definition) is 3. The third-order valence-electron chi connectivity index (χ3n) is 3.47. The summed E-state index contributed by atoms with van der Waals surface area (Å²) in [6, 6.07) is 0.633. The van der Waals surface area contributed by atoms with Crippen LogP contribution in [0, 0.1) is 5.92 Å². The van der Waals surface area contributed by atoms with E-state index in [1.165, 1.54) is 0 Å². The van der Waals surface area contributed by atoms with Crippen LogP contribution < -0.4 is 5.32 Å². The maximum Gasteiger partial charge on any atom is 0.306 e. The summed E-state index contributed by atoms with van der Waals surface area (Å²) in [4.78, 5) is 10.9. The van der Waals surface area contributed by atoms with Crippen molar-refractivity contribution in [3.05, 3.63) is 0 Å². The van der Waals surface area contributed by atoms with Crippen LogP contribution in [0.25, 0.3) is 0 Å². The van der Waals surface area contributed by atoms with E-state index >= 15 is 0 Å². The van der Waals surface area contributed by atoms with Crippen molar-refractivity contribution in [2.24, 2.45) is 5.92 Å². The molecule has 3 unspecified atom stereocenters. The molecule has 1 aliphatic carbocycles. The summed E-state index contributed by atoms with van der Waals surface area (Å²) in [5, 5.41) is 21.4. The maximum absolute atomic E-state index is 10.9. The normalized spacial score (nSPS) is 27.6. The van der Waals surface area contributed by atoms with Gasteiger partial charge in [0.1, 0.15) is 0 Å². The van der Waals surface area contributed by atoms with Gasteiger partial charge in [-0.15, -0.1) is 0 Å². The van der Waals surface area contributed by atoms with Gasteiger partial charge in [-0.05, 0) is 32.1 Å². The molecule has 16 heavy (non-hydrogen) atoms. The average Bonchev–Trinajstić information content (AvgIpc) is 2.29. The first kappa shape index (κ1) is 13.5. The molecule has 0 aromatic rings. The van der Waals surface area contributed by atoms with Crippen molar-refractivity contribution < 1.29 is 15.0 Å². The van der Waals surface area contributed by atoms with Crippen LogP contribution >= 0.6 is 0 Å². The van der Waals surface area contributed by atoms with Crippen molar-refractivity contribution in [1.82, 2.24) is 5.32 Å². The highest BCUT2D eigenvalue weighted by atomic mass is 16.4. The number of hydrogen-bond acceptors (Lipinski definition) is 3. The monoisotopic (exact) mass is 229 g/mol. The van der Waals surface area contributed by atoms with Crippen molar-refractivity contribution in [3.8, 4) is 0 Å². The van der Waals surface area contributed by atoms with Crippen LogP contribution in [-0.2, 0) is 4.79 Å². The zero-order chi connectivity index (χ0) is 12.0. The van der Waals surface area contributed by atoms with Crippen LogP contribution in [0.3, 0.4) is 0 Å². The second-order valence-electron chi connectivity index (χ2n) is 4.68. The molecule has 1 saturated carbocycles. The first-order valence-corrected chi connectivity index (χ1v) is 6.27. The summed E-state index contributed by atoms with van der Waals surface area (Å²) < 4.78 is 0. The SMILES string of the molecule is CCC(CCO)NC1CCCC(C(=O)O)C1. The van der Waals surface area contributed by atoms with Crippen LogP contribution in [-0.4, -0.2) is 34.9 Å². The smallest absolute Gasteiger partial charge is 0.306 e. The Morgan fingerprint density at radius 2 is 2.25 bits per heavy atom. The summed E-state index contributed by atoms with van der Waals surface area (Å²) in [7, 11) is 0.